The van der Waals surface area contributed by atoms with E-state index >= 15 is 0 Å². The summed E-state index contributed by atoms with van der Waals surface area (Å²) in [5.41, 5.74) is -0.668. The number of nitrogens with zero attached hydrogens (tertiary/aromatic N) is 2. The summed E-state index contributed by atoms with van der Waals surface area (Å²) >= 11 is 0. The lowest BCUT2D eigenvalue weighted by atomic mass is 10.1. The Bertz CT molecular complexity index is 665. The fraction of sp³-hybridized carbons (Fsp3) is 0.308. The predicted molar refractivity (Wildman–Crippen MR) is 65.4 cm³/mol. The Balaban J connectivity index is 2.43. The van der Waals surface area contributed by atoms with Crippen molar-refractivity contribution in [3.05, 3.63) is 35.3 Å². The molecular formula is C13H11F3N2O3. The Labute approximate surface area is 117 Å². The second-order valence-corrected chi connectivity index (χ2v) is 4.18. The van der Waals surface area contributed by atoms with Gasteiger partial charge < -0.3 is 9.26 Å². The van der Waals surface area contributed by atoms with Crippen LogP contribution in [0.25, 0.3) is 11.3 Å². The number of pyridine rings is 1. The fourth-order valence-electron chi connectivity index (χ4n) is 1.80. The highest BCUT2D eigenvalue weighted by molar-refractivity contribution is 5.95. The van der Waals surface area contributed by atoms with E-state index in [1.54, 1.807) is 6.92 Å². The molecule has 2 rings (SSSR count). The van der Waals surface area contributed by atoms with Crippen molar-refractivity contribution in [2.75, 3.05) is 6.61 Å². The Kier molecular flexibility index (Phi) is 3.97. The zero-order chi connectivity index (χ0) is 15.6. The van der Waals surface area contributed by atoms with Crippen LogP contribution >= 0.6 is 0 Å². The summed E-state index contributed by atoms with van der Waals surface area (Å²) in [6, 6.07) is 1.25. The van der Waals surface area contributed by atoms with Gasteiger partial charge >= 0.3 is 12.1 Å². The standard InChI is InChI=1S/C13H11F3N2O3/c1-3-20-12(19)9-6-21-18-10(9)8-4-7(2)11(17-5-8)13(14,15)16/h4-6H,3H2,1-2H3. The van der Waals surface area contributed by atoms with Crippen molar-refractivity contribution in [1.82, 2.24) is 10.1 Å². The molecule has 0 aliphatic carbocycles. The van der Waals surface area contributed by atoms with Gasteiger partial charge in [-0.1, -0.05) is 5.16 Å². The smallest absolute Gasteiger partial charge is 0.433 e. The van der Waals surface area contributed by atoms with Gasteiger partial charge in [-0.05, 0) is 25.5 Å². The van der Waals surface area contributed by atoms with E-state index < -0.39 is 17.8 Å². The number of aromatic nitrogens is 2. The van der Waals surface area contributed by atoms with E-state index in [2.05, 4.69) is 10.1 Å². The van der Waals surface area contributed by atoms with Gasteiger partial charge in [-0.25, -0.2) is 4.79 Å². The molecule has 0 fully saturated rings. The van der Waals surface area contributed by atoms with Crippen LogP contribution in [0, 0.1) is 6.92 Å². The van der Waals surface area contributed by atoms with Crippen molar-refractivity contribution in [2.45, 2.75) is 20.0 Å². The molecule has 0 aromatic carbocycles. The highest BCUT2D eigenvalue weighted by Gasteiger charge is 2.34. The van der Waals surface area contributed by atoms with Crippen LogP contribution in [0.15, 0.2) is 23.0 Å². The third-order valence-electron chi connectivity index (χ3n) is 2.69. The Morgan fingerprint density at radius 2 is 2.14 bits per heavy atom. The highest BCUT2D eigenvalue weighted by Crippen LogP contribution is 2.32. The third-order valence-corrected chi connectivity index (χ3v) is 2.69. The van der Waals surface area contributed by atoms with Crippen molar-refractivity contribution in [2.24, 2.45) is 0 Å². The van der Waals surface area contributed by atoms with Gasteiger partial charge in [0.15, 0.2) is 0 Å². The minimum atomic E-state index is -4.53. The number of carbonyl (C=O) groups excluding carboxylic acids is 1. The topological polar surface area (TPSA) is 65.2 Å². The monoisotopic (exact) mass is 300 g/mol. The molecule has 0 bridgehead atoms. The number of ether oxygens (including phenoxy) is 1. The van der Waals surface area contributed by atoms with E-state index in [9.17, 15) is 18.0 Å². The summed E-state index contributed by atoms with van der Waals surface area (Å²) in [5.74, 6) is -0.661. The Hall–Kier alpha value is -2.38. The summed E-state index contributed by atoms with van der Waals surface area (Å²) in [4.78, 5) is 15.1. The first-order valence-electron chi connectivity index (χ1n) is 6.00. The SMILES string of the molecule is CCOC(=O)c1conc1-c1cnc(C(F)(F)F)c(C)c1. The van der Waals surface area contributed by atoms with E-state index in [0.29, 0.717) is 0 Å². The van der Waals surface area contributed by atoms with Gasteiger partial charge in [-0.3, -0.25) is 4.98 Å². The zero-order valence-corrected chi connectivity index (χ0v) is 11.2. The molecule has 0 aliphatic rings. The van der Waals surface area contributed by atoms with Crippen LogP contribution in [0.3, 0.4) is 0 Å². The first kappa shape index (κ1) is 15.0. The van der Waals surface area contributed by atoms with Crippen LogP contribution in [0.1, 0.15) is 28.5 Å². The number of rotatable bonds is 3. The van der Waals surface area contributed by atoms with E-state index in [4.69, 9.17) is 9.26 Å². The lowest BCUT2D eigenvalue weighted by Gasteiger charge is -2.09. The number of halogens is 3. The zero-order valence-electron chi connectivity index (χ0n) is 11.2. The van der Waals surface area contributed by atoms with Crippen molar-refractivity contribution < 1.29 is 27.2 Å². The molecule has 0 atom stereocenters. The first-order valence-corrected chi connectivity index (χ1v) is 6.00. The molecule has 0 aliphatic heterocycles. The van der Waals surface area contributed by atoms with Gasteiger partial charge in [-0.2, -0.15) is 13.2 Å². The third kappa shape index (κ3) is 3.04. The molecule has 0 amide bonds. The molecule has 0 saturated heterocycles. The molecule has 0 saturated carbocycles. The second kappa shape index (κ2) is 5.55. The largest absolute Gasteiger partial charge is 0.462 e. The molecule has 5 nitrogen and oxygen atoms in total. The first-order chi connectivity index (χ1) is 9.84. The molecule has 2 aromatic heterocycles. The van der Waals surface area contributed by atoms with Crippen LogP contribution in [-0.4, -0.2) is 22.7 Å². The van der Waals surface area contributed by atoms with E-state index in [0.717, 1.165) is 12.5 Å². The van der Waals surface area contributed by atoms with Gasteiger partial charge in [0.25, 0.3) is 0 Å². The van der Waals surface area contributed by atoms with Gasteiger partial charge in [0.1, 0.15) is 23.2 Å². The van der Waals surface area contributed by atoms with Gasteiger partial charge in [0, 0.05) is 11.8 Å². The molecule has 0 unspecified atom stereocenters. The maximum atomic E-state index is 12.7. The predicted octanol–water partition coefficient (Wildman–Crippen LogP) is 3.24. The van der Waals surface area contributed by atoms with E-state index in [1.165, 1.54) is 13.0 Å². The van der Waals surface area contributed by atoms with Crippen LogP contribution < -0.4 is 0 Å². The average molecular weight is 300 g/mol. The van der Waals surface area contributed by atoms with Crippen molar-refractivity contribution >= 4 is 5.97 Å². The summed E-state index contributed by atoms with van der Waals surface area (Å²) < 4.78 is 47.5. The highest BCUT2D eigenvalue weighted by atomic mass is 19.4. The number of hydrogen-bond donors (Lipinski definition) is 0. The molecule has 112 valence electrons. The molecule has 0 radical (unpaired) electrons. The lowest BCUT2D eigenvalue weighted by molar-refractivity contribution is -0.141. The van der Waals surface area contributed by atoms with Gasteiger partial charge in [0.2, 0.25) is 0 Å². The number of aryl methyl sites for hydroxylation is 1. The van der Waals surface area contributed by atoms with Crippen molar-refractivity contribution in [3.8, 4) is 11.3 Å². The summed E-state index contributed by atoms with van der Waals surface area (Å²) in [5, 5.41) is 3.63. The Morgan fingerprint density at radius 1 is 1.43 bits per heavy atom. The lowest BCUT2D eigenvalue weighted by Crippen LogP contribution is -2.10. The second-order valence-electron chi connectivity index (χ2n) is 4.18. The number of carbonyl (C=O) groups is 1. The quantitative estimate of drug-likeness (QED) is 0.814. The maximum absolute atomic E-state index is 12.7. The molecule has 0 N–H and O–H groups in total. The minimum absolute atomic E-state index is 0.0396. The maximum Gasteiger partial charge on any atom is 0.433 e. The Morgan fingerprint density at radius 3 is 2.71 bits per heavy atom. The molecule has 8 heteroatoms. The molecule has 0 spiro atoms. The summed E-state index contributed by atoms with van der Waals surface area (Å²) in [6.45, 7) is 3.08. The molecular weight excluding hydrogens is 289 g/mol. The molecule has 21 heavy (non-hydrogen) atoms. The number of alkyl halides is 3. The average Bonchev–Trinajstić information content (AvgIpc) is 2.86. The van der Waals surface area contributed by atoms with Crippen LogP contribution in [-0.2, 0) is 10.9 Å². The van der Waals surface area contributed by atoms with Crippen LogP contribution in [0.4, 0.5) is 13.2 Å². The molecule has 2 aromatic rings. The number of hydrogen-bond acceptors (Lipinski definition) is 5. The van der Waals surface area contributed by atoms with E-state index in [1.807, 2.05) is 0 Å². The normalized spacial score (nSPS) is 11.5. The molecule has 2 heterocycles. The number of esters is 1. The summed E-state index contributed by atoms with van der Waals surface area (Å²) in [6.07, 6.45) is -2.45. The van der Waals surface area contributed by atoms with E-state index in [-0.39, 0.29) is 29.0 Å². The van der Waals surface area contributed by atoms with Gasteiger partial charge in [-0.15, -0.1) is 0 Å². The minimum Gasteiger partial charge on any atom is -0.462 e. The van der Waals surface area contributed by atoms with Crippen LogP contribution in [0.2, 0.25) is 0 Å². The fourth-order valence-corrected chi connectivity index (χ4v) is 1.80. The summed E-state index contributed by atoms with van der Waals surface area (Å²) in [7, 11) is 0. The van der Waals surface area contributed by atoms with Crippen molar-refractivity contribution in [3.63, 3.8) is 0 Å². The van der Waals surface area contributed by atoms with Crippen LogP contribution in [0.5, 0.6) is 0 Å². The van der Waals surface area contributed by atoms with Gasteiger partial charge in [0.05, 0.1) is 6.61 Å². The van der Waals surface area contributed by atoms with Crippen molar-refractivity contribution in [1.29, 1.82) is 0 Å².